The van der Waals surface area contributed by atoms with Gasteiger partial charge in [-0.2, -0.15) is 0 Å². The Hall–Kier alpha value is -1.71. The number of hydrogen-bond donors (Lipinski definition) is 1. The molecule has 0 radical (unpaired) electrons. The number of rotatable bonds is 12. The summed E-state index contributed by atoms with van der Waals surface area (Å²) in [4.78, 5) is 12.0. The third-order valence-corrected chi connectivity index (χ3v) is 3.97. The maximum atomic E-state index is 12.0. The molecule has 138 valence electrons. The largest absolute Gasteiger partial charge is 0.388 e. The van der Waals surface area contributed by atoms with Crippen molar-refractivity contribution in [3.63, 3.8) is 0 Å². The van der Waals surface area contributed by atoms with Gasteiger partial charge in [-0.25, -0.2) is 0 Å². The van der Waals surface area contributed by atoms with Crippen molar-refractivity contribution >= 4 is 5.78 Å². The Labute approximate surface area is 152 Å². The molecule has 1 unspecified atom stereocenters. The van der Waals surface area contributed by atoms with Crippen molar-refractivity contribution in [3.8, 4) is 0 Å². The van der Waals surface area contributed by atoms with Gasteiger partial charge in [0.05, 0.1) is 19.3 Å². The third kappa shape index (κ3) is 8.28. The number of hydrogen-bond acceptors (Lipinski definition) is 3. The predicted molar refractivity (Wildman–Crippen MR) is 103 cm³/mol. The number of aliphatic hydroxyl groups is 1. The zero-order valence-corrected chi connectivity index (χ0v) is 15.8. The Morgan fingerprint density at radius 1 is 1.20 bits per heavy atom. The summed E-state index contributed by atoms with van der Waals surface area (Å²) < 4.78 is 5.69. The summed E-state index contributed by atoms with van der Waals surface area (Å²) in [5, 5.41) is 9.97. The first-order valence-corrected chi connectivity index (χ1v) is 9.33. The van der Waals surface area contributed by atoms with E-state index in [0.29, 0.717) is 19.6 Å². The molecule has 0 amide bonds. The molecule has 0 spiro atoms. The number of carbonyl (C=O) groups is 1. The van der Waals surface area contributed by atoms with Gasteiger partial charge >= 0.3 is 0 Å². The number of benzene rings is 1. The quantitative estimate of drug-likeness (QED) is 0.318. The zero-order chi connectivity index (χ0) is 18.5. The highest BCUT2D eigenvalue weighted by atomic mass is 16.5. The van der Waals surface area contributed by atoms with Crippen molar-refractivity contribution in [1.82, 2.24) is 0 Å². The van der Waals surface area contributed by atoms with Crippen molar-refractivity contribution < 1.29 is 14.6 Å². The van der Waals surface area contributed by atoms with Gasteiger partial charge in [-0.15, -0.1) is 0 Å². The van der Waals surface area contributed by atoms with E-state index in [2.05, 4.69) is 6.92 Å². The van der Waals surface area contributed by atoms with E-state index in [1.54, 1.807) is 0 Å². The highest BCUT2D eigenvalue weighted by molar-refractivity contribution is 5.97. The molecule has 0 aromatic heterocycles. The van der Waals surface area contributed by atoms with Crippen LogP contribution in [0.1, 0.15) is 70.1 Å². The predicted octanol–water partition coefficient (Wildman–Crippen LogP) is 5.30. The molecule has 0 saturated carbocycles. The molecular weight excluding hydrogens is 312 g/mol. The molecule has 1 N–H and O–H groups in total. The topological polar surface area (TPSA) is 46.5 Å². The molecule has 25 heavy (non-hydrogen) atoms. The highest BCUT2D eigenvalue weighted by Gasteiger charge is 2.06. The maximum absolute atomic E-state index is 12.0. The molecule has 1 aromatic rings. The van der Waals surface area contributed by atoms with Crippen LogP contribution in [-0.4, -0.2) is 17.5 Å². The molecular formula is C22H32O3. The highest BCUT2D eigenvalue weighted by Crippen LogP contribution is 2.18. The normalized spacial score (nSPS) is 13.4. The first-order chi connectivity index (χ1) is 12.1. The van der Waals surface area contributed by atoms with Crippen LogP contribution in [0.5, 0.6) is 0 Å². The summed E-state index contributed by atoms with van der Waals surface area (Å²) in [6, 6.07) is 7.93. The summed E-state index contributed by atoms with van der Waals surface area (Å²) >= 11 is 0. The Bertz CT molecular complexity index is 555. The molecule has 1 atom stereocenters. The molecule has 1 rings (SSSR count). The Balaban J connectivity index is 2.41. The van der Waals surface area contributed by atoms with Gasteiger partial charge in [0.1, 0.15) is 0 Å². The van der Waals surface area contributed by atoms with Gasteiger partial charge < -0.3 is 9.84 Å². The molecule has 0 fully saturated rings. The van der Waals surface area contributed by atoms with Gasteiger partial charge in [-0.1, -0.05) is 62.8 Å². The molecule has 0 aliphatic heterocycles. The second-order valence-corrected chi connectivity index (χ2v) is 6.22. The van der Waals surface area contributed by atoms with Gasteiger partial charge in [-0.05, 0) is 37.3 Å². The lowest BCUT2D eigenvalue weighted by Crippen LogP contribution is -2.01. The summed E-state index contributed by atoms with van der Waals surface area (Å²) in [6.45, 7) is 7.13. The lowest BCUT2D eigenvalue weighted by atomic mass is 10.0. The van der Waals surface area contributed by atoms with Crippen molar-refractivity contribution in [2.24, 2.45) is 0 Å². The lowest BCUT2D eigenvalue weighted by molar-refractivity contribution is -0.115. The number of ketones is 1. The second-order valence-electron chi connectivity index (χ2n) is 6.22. The fraction of sp³-hybridized carbons (Fsp3) is 0.500. The van der Waals surface area contributed by atoms with E-state index in [1.807, 2.05) is 56.3 Å². The van der Waals surface area contributed by atoms with E-state index in [-0.39, 0.29) is 11.9 Å². The van der Waals surface area contributed by atoms with Crippen molar-refractivity contribution in [2.45, 2.75) is 65.6 Å². The van der Waals surface area contributed by atoms with Gasteiger partial charge in [0.25, 0.3) is 0 Å². The average molecular weight is 344 g/mol. The van der Waals surface area contributed by atoms with Crippen molar-refractivity contribution in [2.75, 3.05) is 6.61 Å². The Morgan fingerprint density at radius 3 is 2.52 bits per heavy atom. The first-order valence-electron chi connectivity index (χ1n) is 9.33. The first kappa shape index (κ1) is 21.3. The van der Waals surface area contributed by atoms with Crippen LogP contribution in [0.3, 0.4) is 0 Å². The average Bonchev–Trinajstić information content (AvgIpc) is 2.61. The van der Waals surface area contributed by atoms with Crippen LogP contribution in [0.15, 0.2) is 48.1 Å². The summed E-state index contributed by atoms with van der Waals surface area (Å²) in [5.74, 6) is 0.196. The molecule has 3 nitrogen and oxygen atoms in total. The summed E-state index contributed by atoms with van der Waals surface area (Å²) in [7, 11) is 0. The number of allylic oxidation sites excluding steroid dienone is 3. The third-order valence-electron chi connectivity index (χ3n) is 3.97. The van der Waals surface area contributed by atoms with Crippen LogP contribution >= 0.6 is 0 Å². The van der Waals surface area contributed by atoms with E-state index in [0.717, 1.165) is 42.4 Å². The van der Waals surface area contributed by atoms with Crippen LogP contribution in [0.4, 0.5) is 0 Å². The van der Waals surface area contributed by atoms with E-state index in [1.165, 1.54) is 0 Å². The fourth-order valence-corrected chi connectivity index (χ4v) is 2.59. The van der Waals surface area contributed by atoms with Gasteiger partial charge in [0.15, 0.2) is 5.78 Å². The van der Waals surface area contributed by atoms with E-state index < -0.39 is 0 Å². The van der Waals surface area contributed by atoms with E-state index >= 15 is 0 Å². The standard InChI is InChI=1S/C22H32O3/c1-4-8-19(21(23)9-5-2)11-7-16-25-17-18-12-14-20(15-13-18)22(24)10-6-3/h4,8,11-15,22,24H,5-7,9-10,16-17H2,1-3H3/b8-4-,19-11+. The molecule has 1 aromatic carbocycles. The summed E-state index contributed by atoms with van der Waals surface area (Å²) in [6.07, 6.45) is 9.29. The number of Topliss-reactive ketones (excluding diaryl/α,β-unsaturated/α-hetero) is 1. The Kier molecular flexibility index (Phi) is 10.8. The molecule has 0 aliphatic rings. The maximum Gasteiger partial charge on any atom is 0.162 e. The van der Waals surface area contributed by atoms with Crippen LogP contribution in [-0.2, 0) is 16.1 Å². The molecule has 3 heteroatoms. The molecule has 0 bridgehead atoms. The minimum absolute atomic E-state index is 0.196. The second kappa shape index (κ2) is 12.6. The Morgan fingerprint density at radius 2 is 1.92 bits per heavy atom. The fourth-order valence-electron chi connectivity index (χ4n) is 2.59. The molecule has 0 aliphatic carbocycles. The van der Waals surface area contributed by atoms with Crippen LogP contribution < -0.4 is 0 Å². The minimum Gasteiger partial charge on any atom is -0.388 e. The smallest absolute Gasteiger partial charge is 0.162 e. The van der Waals surface area contributed by atoms with Crippen LogP contribution in [0.25, 0.3) is 0 Å². The molecule has 0 saturated heterocycles. The number of aliphatic hydroxyl groups excluding tert-OH is 1. The zero-order valence-electron chi connectivity index (χ0n) is 15.8. The van der Waals surface area contributed by atoms with E-state index in [4.69, 9.17) is 4.74 Å². The number of ether oxygens (including phenoxy) is 1. The van der Waals surface area contributed by atoms with Gasteiger partial charge in [0.2, 0.25) is 0 Å². The minimum atomic E-state index is -0.379. The SMILES string of the molecule is C/C=C\C(=C/CCOCc1ccc(C(O)CCC)cc1)C(=O)CCC. The number of carbonyl (C=O) groups excluding carboxylic acids is 1. The van der Waals surface area contributed by atoms with E-state index in [9.17, 15) is 9.90 Å². The molecule has 0 heterocycles. The van der Waals surface area contributed by atoms with Crippen LogP contribution in [0, 0.1) is 0 Å². The van der Waals surface area contributed by atoms with Gasteiger partial charge in [0, 0.05) is 12.0 Å². The van der Waals surface area contributed by atoms with Crippen molar-refractivity contribution in [1.29, 1.82) is 0 Å². The van der Waals surface area contributed by atoms with Gasteiger partial charge in [-0.3, -0.25) is 4.79 Å². The summed E-state index contributed by atoms with van der Waals surface area (Å²) in [5.41, 5.74) is 2.83. The lowest BCUT2D eigenvalue weighted by Gasteiger charge is -2.10. The van der Waals surface area contributed by atoms with Crippen LogP contribution in [0.2, 0.25) is 0 Å². The monoisotopic (exact) mass is 344 g/mol. The van der Waals surface area contributed by atoms with Crippen molar-refractivity contribution in [3.05, 3.63) is 59.2 Å².